The molecule has 3 fully saturated rings. The highest BCUT2D eigenvalue weighted by Crippen LogP contribution is 2.40. The molecule has 3 saturated heterocycles. The van der Waals surface area contributed by atoms with Crippen LogP contribution in [0.15, 0.2) is 30.3 Å². The second-order valence-corrected chi connectivity index (χ2v) is 9.43. The molecule has 3 aliphatic rings. The van der Waals surface area contributed by atoms with Gasteiger partial charge in [0.1, 0.15) is 11.8 Å². The van der Waals surface area contributed by atoms with E-state index in [0.29, 0.717) is 25.4 Å². The third-order valence-corrected chi connectivity index (χ3v) is 7.36. The van der Waals surface area contributed by atoms with Crippen molar-refractivity contribution >= 4 is 34.9 Å². The molecule has 1 N–H and O–H groups in total. The van der Waals surface area contributed by atoms with Crippen molar-refractivity contribution in [2.24, 2.45) is 5.41 Å². The van der Waals surface area contributed by atoms with Crippen LogP contribution in [0.4, 0.5) is 4.79 Å². The van der Waals surface area contributed by atoms with Gasteiger partial charge in [0.25, 0.3) is 5.24 Å². The number of ether oxygens (including phenoxy) is 1. The van der Waals surface area contributed by atoms with E-state index in [4.69, 9.17) is 4.74 Å². The van der Waals surface area contributed by atoms with Crippen molar-refractivity contribution in [2.75, 3.05) is 38.5 Å². The molecule has 1 atom stereocenters. The Bertz CT molecular complexity index is 879. The van der Waals surface area contributed by atoms with Gasteiger partial charge in [0.05, 0.1) is 6.61 Å². The largest absolute Gasteiger partial charge is 0.493 e. The van der Waals surface area contributed by atoms with E-state index in [-0.39, 0.29) is 28.5 Å². The number of hydrogen-bond donors (Lipinski definition) is 1. The first-order chi connectivity index (χ1) is 15.0. The quantitative estimate of drug-likeness (QED) is 0.708. The molecule has 0 radical (unpaired) electrons. The smallest absolute Gasteiger partial charge is 0.279 e. The molecule has 4 rings (SSSR count). The third kappa shape index (κ3) is 4.89. The summed E-state index contributed by atoms with van der Waals surface area (Å²) >= 11 is 1.17. The van der Waals surface area contributed by atoms with Gasteiger partial charge in [-0.2, -0.15) is 0 Å². The van der Waals surface area contributed by atoms with Crippen molar-refractivity contribution in [2.45, 2.75) is 32.2 Å². The molecule has 1 spiro atoms. The molecular weight excluding hydrogens is 414 g/mol. The summed E-state index contributed by atoms with van der Waals surface area (Å²) in [5.41, 5.74) is 0.987. The molecular formula is C23H29N3O4S. The van der Waals surface area contributed by atoms with Crippen LogP contribution in [0.5, 0.6) is 5.75 Å². The van der Waals surface area contributed by atoms with Crippen LogP contribution in [0.1, 0.15) is 31.7 Å². The number of nitrogens with zero attached hydrogens (tertiary/aromatic N) is 2. The molecule has 31 heavy (non-hydrogen) atoms. The van der Waals surface area contributed by atoms with E-state index in [1.807, 2.05) is 47.1 Å². The van der Waals surface area contributed by atoms with Gasteiger partial charge in [-0.3, -0.25) is 14.4 Å². The van der Waals surface area contributed by atoms with Gasteiger partial charge in [-0.1, -0.05) is 30.0 Å². The first-order valence-electron chi connectivity index (χ1n) is 10.9. The summed E-state index contributed by atoms with van der Waals surface area (Å²) in [7, 11) is 0. The lowest BCUT2D eigenvalue weighted by Gasteiger charge is -2.39. The zero-order valence-electron chi connectivity index (χ0n) is 17.8. The van der Waals surface area contributed by atoms with E-state index in [9.17, 15) is 14.4 Å². The van der Waals surface area contributed by atoms with Gasteiger partial charge in [0, 0.05) is 43.6 Å². The summed E-state index contributed by atoms with van der Waals surface area (Å²) in [6, 6.07) is 7.30. The van der Waals surface area contributed by atoms with Crippen LogP contribution in [-0.2, 0) is 9.59 Å². The molecule has 0 saturated carbocycles. The molecule has 166 valence electrons. The second kappa shape index (κ2) is 9.34. The van der Waals surface area contributed by atoms with Gasteiger partial charge in [-0.05, 0) is 43.7 Å². The van der Waals surface area contributed by atoms with Crippen molar-refractivity contribution in [3.05, 3.63) is 35.9 Å². The van der Waals surface area contributed by atoms with Gasteiger partial charge in [-0.25, -0.2) is 0 Å². The Kier molecular flexibility index (Phi) is 6.55. The molecule has 1 unspecified atom stereocenters. The number of thioether (sulfide) groups is 1. The predicted molar refractivity (Wildman–Crippen MR) is 121 cm³/mol. The zero-order valence-corrected chi connectivity index (χ0v) is 18.7. The minimum Gasteiger partial charge on any atom is -0.493 e. The van der Waals surface area contributed by atoms with Gasteiger partial charge >= 0.3 is 0 Å². The van der Waals surface area contributed by atoms with E-state index >= 15 is 0 Å². The van der Waals surface area contributed by atoms with Crippen molar-refractivity contribution in [3.8, 4) is 5.75 Å². The summed E-state index contributed by atoms with van der Waals surface area (Å²) in [5, 5.41) is 2.63. The van der Waals surface area contributed by atoms with Crippen LogP contribution in [0, 0.1) is 5.41 Å². The molecule has 7 nitrogen and oxygen atoms in total. The molecule has 8 heteroatoms. The number of rotatable bonds is 5. The van der Waals surface area contributed by atoms with E-state index < -0.39 is 0 Å². The van der Waals surface area contributed by atoms with Crippen molar-refractivity contribution < 1.29 is 19.1 Å². The second-order valence-electron chi connectivity index (χ2n) is 8.43. The fourth-order valence-electron chi connectivity index (χ4n) is 4.64. The summed E-state index contributed by atoms with van der Waals surface area (Å²) in [4.78, 5) is 40.6. The van der Waals surface area contributed by atoms with Crippen molar-refractivity contribution in [1.29, 1.82) is 0 Å². The molecule has 3 amide bonds. The number of likely N-dealkylation sites (tertiary alicyclic amines) is 2. The van der Waals surface area contributed by atoms with Crippen molar-refractivity contribution in [3.63, 3.8) is 0 Å². The fraction of sp³-hybridized carbons (Fsp3) is 0.522. The van der Waals surface area contributed by atoms with Crippen LogP contribution in [-0.4, -0.2) is 71.4 Å². The van der Waals surface area contributed by atoms with Crippen LogP contribution in [0.25, 0.3) is 6.08 Å². The number of amides is 3. The molecule has 0 aliphatic carbocycles. The van der Waals surface area contributed by atoms with Gasteiger partial charge in [0.2, 0.25) is 11.8 Å². The van der Waals surface area contributed by atoms with E-state index in [1.54, 1.807) is 6.08 Å². The summed E-state index contributed by atoms with van der Waals surface area (Å²) < 4.78 is 5.62. The SMILES string of the molecule is CCOc1ccccc1C=CC(=O)N1CCC2(CC1)CCN(C(=O)C1CSC(=O)N1)C2. The topological polar surface area (TPSA) is 79.0 Å². The first kappa shape index (κ1) is 21.7. The Morgan fingerprint density at radius 3 is 2.58 bits per heavy atom. The lowest BCUT2D eigenvalue weighted by Crippen LogP contribution is -2.47. The Morgan fingerprint density at radius 1 is 1.19 bits per heavy atom. The molecule has 0 aromatic heterocycles. The summed E-state index contributed by atoms with van der Waals surface area (Å²) in [6.45, 7) is 5.39. The minimum absolute atomic E-state index is 0.0118. The fourth-order valence-corrected chi connectivity index (χ4v) is 5.41. The maximum absolute atomic E-state index is 12.7. The van der Waals surface area contributed by atoms with E-state index in [0.717, 1.165) is 43.7 Å². The van der Waals surface area contributed by atoms with Crippen molar-refractivity contribution in [1.82, 2.24) is 15.1 Å². The molecule has 1 aromatic carbocycles. The van der Waals surface area contributed by atoms with Crippen LogP contribution in [0.3, 0.4) is 0 Å². The average molecular weight is 444 g/mol. The molecule has 3 aliphatic heterocycles. The monoisotopic (exact) mass is 443 g/mol. The third-order valence-electron chi connectivity index (χ3n) is 6.48. The van der Waals surface area contributed by atoms with Gasteiger partial charge in [0.15, 0.2) is 0 Å². The number of para-hydroxylation sites is 1. The Morgan fingerprint density at radius 2 is 1.90 bits per heavy atom. The van der Waals surface area contributed by atoms with Crippen LogP contribution >= 0.6 is 11.8 Å². The number of carbonyl (C=O) groups excluding carboxylic acids is 3. The predicted octanol–water partition coefficient (Wildman–Crippen LogP) is 2.76. The molecule has 3 heterocycles. The van der Waals surface area contributed by atoms with Gasteiger partial charge in [-0.15, -0.1) is 0 Å². The molecule has 1 aromatic rings. The average Bonchev–Trinajstić information content (AvgIpc) is 3.40. The minimum atomic E-state index is -0.390. The zero-order chi connectivity index (χ0) is 21.8. The number of hydrogen-bond acceptors (Lipinski definition) is 5. The van der Waals surface area contributed by atoms with E-state index in [2.05, 4.69) is 5.32 Å². The van der Waals surface area contributed by atoms with E-state index in [1.165, 1.54) is 11.8 Å². The number of carbonyl (C=O) groups is 3. The number of piperidine rings is 1. The normalized spacial score (nSPS) is 22.9. The van der Waals surface area contributed by atoms with Crippen LogP contribution in [0.2, 0.25) is 0 Å². The first-order valence-corrected chi connectivity index (χ1v) is 11.9. The maximum Gasteiger partial charge on any atom is 0.279 e. The number of benzene rings is 1. The Labute approximate surface area is 187 Å². The molecule has 0 bridgehead atoms. The van der Waals surface area contributed by atoms with Gasteiger partial charge < -0.3 is 19.9 Å². The van der Waals surface area contributed by atoms with Crippen LogP contribution < -0.4 is 10.1 Å². The number of nitrogens with one attached hydrogen (secondary N) is 1. The standard InChI is InChI=1S/C23H29N3O4S/c1-2-30-19-6-4-3-5-17(19)7-8-20(27)25-12-9-23(10-13-25)11-14-26(16-23)21(28)18-15-31-22(29)24-18/h3-8,18H,2,9-16H2,1H3,(H,24,29). The lowest BCUT2D eigenvalue weighted by molar-refractivity contribution is -0.133. The Hall–Kier alpha value is -2.48. The highest BCUT2D eigenvalue weighted by Gasteiger charge is 2.44. The highest BCUT2D eigenvalue weighted by atomic mass is 32.2. The lowest BCUT2D eigenvalue weighted by atomic mass is 9.78. The highest BCUT2D eigenvalue weighted by molar-refractivity contribution is 8.14. The Balaban J connectivity index is 1.30. The summed E-state index contributed by atoms with van der Waals surface area (Å²) in [6.07, 6.45) is 6.21. The summed E-state index contributed by atoms with van der Waals surface area (Å²) in [5.74, 6) is 1.34. The maximum atomic E-state index is 12.7.